The van der Waals surface area contributed by atoms with Crippen LogP contribution in [0.15, 0.2) is 88.0 Å². The Balaban J connectivity index is 1.85. The van der Waals surface area contributed by atoms with E-state index in [1.165, 1.54) is 41.3 Å². The van der Waals surface area contributed by atoms with E-state index in [0.717, 1.165) is 4.47 Å². The summed E-state index contributed by atoms with van der Waals surface area (Å²) in [4.78, 5) is 29.8. The van der Waals surface area contributed by atoms with Crippen LogP contribution in [-0.2, 0) is 4.79 Å². The predicted octanol–water partition coefficient (Wildman–Crippen LogP) is 5.33. The predicted molar refractivity (Wildman–Crippen MR) is 116 cm³/mol. The lowest BCUT2D eigenvalue weighted by molar-refractivity contribution is -0.385. The van der Waals surface area contributed by atoms with Crippen molar-refractivity contribution in [2.24, 2.45) is 4.99 Å². The molecule has 0 fully saturated rings. The summed E-state index contributed by atoms with van der Waals surface area (Å²) in [7, 11) is 0. The molecule has 0 atom stereocenters. The minimum atomic E-state index is -0.511. The highest BCUT2D eigenvalue weighted by Crippen LogP contribution is 2.30. The molecule has 1 aliphatic rings. The van der Waals surface area contributed by atoms with Crippen LogP contribution in [0, 0.1) is 15.9 Å². The number of nitrogens with zero attached hydrogens (tertiary/aromatic N) is 3. The summed E-state index contributed by atoms with van der Waals surface area (Å²) in [5.74, 6) is -0.537. The molecule has 1 heterocycles. The number of amidine groups is 1. The number of carbonyl (C=O) groups is 1. The van der Waals surface area contributed by atoms with Gasteiger partial charge in [0.2, 0.25) is 0 Å². The minimum absolute atomic E-state index is 0.0477. The zero-order valence-corrected chi connectivity index (χ0v) is 16.9. The molecular weight excluding hydrogens is 453 g/mol. The van der Waals surface area contributed by atoms with Gasteiger partial charge in [-0.3, -0.25) is 19.8 Å². The van der Waals surface area contributed by atoms with Crippen LogP contribution in [0.3, 0.4) is 0 Å². The van der Waals surface area contributed by atoms with Crippen LogP contribution < -0.4 is 4.90 Å². The normalized spacial score (nSPS) is 14.9. The number of hydrogen-bond donors (Lipinski definition) is 0. The van der Waals surface area contributed by atoms with Crippen molar-refractivity contribution in [2.75, 3.05) is 4.90 Å². The lowest BCUT2D eigenvalue weighted by Crippen LogP contribution is -2.32. The van der Waals surface area contributed by atoms with Gasteiger partial charge in [-0.25, -0.2) is 9.38 Å². The molecule has 4 rings (SSSR count). The van der Waals surface area contributed by atoms with Gasteiger partial charge >= 0.3 is 0 Å². The molecule has 148 valence electrons. The van der Waals surface area contributed by atoms with Crippen LogP contribution in [0.25, 0.3) is 6.08 Å². The number of benzene rings is 3. The van der Waals surface area contributed by atoms with Crippen molar-refractivity contribution in [3.8, 4) is 0 Å². The van der Waals surface area contributed by atoms with Crippen LogP contribution in [0.1, 0.15) is 11.1 Å². The molecule has 1 amide bonds. The number of para-hydroxylation sites is 1. The summed E-state index contributed by atoms with van der Waals surface area (Å²) < 4.78 is 14.3. The Morgan fingerprint density at radius 2 is 1.67 bits per heavy atom. The van der Waals surface area contributed by atoms with E-state index in [1.54, 1.807) is 30.3 Å². The third-order valence-electron chi connectivity index (χ3n) is 4.47. The fourth-order valence-electron chi connectivity index (χ4n) is 3.06. The van der Waals surface area contributed by atoms with Gasteiger partial charge in [0.25, 0.3) is 11.6 Å². The van der Waals surface area contributed by atoms with Crippen LogP contribution in [0.5, 0.6) is 0 Å². The van der Waals surface area contributed by atoms with Crippen molar-refractivity contribution in [1.29, 1.82) is 0 Å². The average Bonchev–Trinajstić information content (AvgIpc) is 3.05. The Labute approximate surface area is 179 Å². The number of hydrogen-bond acceptors (Lipinski definition) is 4. The monoisotopic (exact) mass is 465 g/mol. The number of nitro groups is 1. The number of amides is 1. The second-order valence-electron chi connectivity index (χ2n) is 6.40. The number of halogens is 2. The first-order valence-corrected chi connectivity index (χ1v) is 9.63. The summed E-state index contributed by atoms with van der Waals surface area (Å²) in [5, 5.41) is 11.3. The molecule has 0 saturated carbocycles. The Bertz CT molecular complexity index is 1210. The molecule has 0 aromatic heterocycles. The van der Waals surface area contributed by atoms with Gasteiger partial charge in [-0.2, -0.15) is 0 Å². The van der Waals surface area contributed by atoms with Crippen molar-refractivity contribution >= 4 is 45.1 Å². The van der Waals surface area contributed by atoms with E-state index in [-0.39, 0.29) is 16.9 Å². The molecule has 3 aromatic rings. The van der Waals surface area contributed by atoms with Crippen LogP contribution in [-0.4, -0.2) is 16.7 Å². The smallest absolute Gasteiger partial charge is 0.266 e. The highest BCUT2D eigenvalue weighted by molar-refractivity contribution is 9.10. The number of carbonyl (C=O) groups excluding carboxylic acids is 1. The molecule has 8 heteroatoms. The van der Waals surface area contributed by atoms with Gasteiger partial charge in [-0.05, 0) is 48.5 Å². The Kier molecular flexibility index (Phi) is 5.24. The third kappa shape index (κ3) is 3.77. The summed E-state index contributed by atoms with van der Waals surface area (Å²) in [6.45, 7) is 0. The van der Waals surface area contributed by atoms with Gasteiger partial charge in [-0.1, -0.05) is 40.2 Å². The second kappa shape index (κ2) is 8.00. The van der Waals surface area contributed by atoms with E-state index in [4.69, 9.17) is 0 Å². The Morgan fingerprint density at radius 3 is 2.33 bits per heavy atom. The Morgan fingerprint density at radius 1 is 1.00 bits per heavy atom. The van der Waals surface area contributed by atoms with Crippen molar-refractivity contribution < 1.29 is 14.1 Å². The van der Waals surface area contributed by atoms with Crippen molar-refractivity contribution in [1.82, 2.24) is 0 Å². The van der Waals surface area contributed by atoms with E-state index in [9.17, 15) is 19.3 Å². The molecule has 0 N–H and O–H groups in total. The molecule has 1 aliphatic heterocycles. The SMILES string of the molecule is O=C1/C(=C\c2ccccc2[N+](=O)[O-])N=C(c2ccc(Br)cc2)N1c1ccc(F)cc1. The van der Waals surface area contributed by atoms with Gasteiger partial charge in [0.15, 0.2) is 0 Å². The van der Waals surface area contributed by atoms with Crippen molar-refractivity contribution in [2.45, 2.75) is 0 Å². The highest BCUT2D eigenvalue weighted by Gasteiger charge is 2.33. The zero-order valence-electron chi connectivity index (χ0n) is 15.3. The molecular formula is C22H13BrFN3O3. The van der Waals surface area contributed by atoms with Gasteiger partial charge in [-0.15, -0.1) is 0 Å². The van der Waals surface area contributed by atoms with E-state index in [1.807, 2.05) is 12.1 Å². The summed E-state index contributed by atoms with van der Waals surface area (Å²) in [6, 6.07) is 18.8. The average molecular weight is 466 g/mol. The lowest BCUT2D eigenvalue weighted by atomic mass is 10.1. The van der Waals surface area contributed by atoms with Gasteiger partial charge in [0, 0.05) is 16.1 Å². The summed E-state index contributed by atoms with van der Waals surface area (Å²) >= 11 is 3.37. The number of anilines is 1. The Hall–Kier alpha value is -3.65. The number of rotatable bonds is 4. The summed E-state index contributed by atoms with van der Waals surface area (Å²) in [6.07, 6.45) is 1.39. The van der Waals surface area contributed by atoms with Crippen molar-refractivity contribution in [3.63, 3.8) is 0 Å². The molecule has 0 radical (unpaired) electrons. The molecule has 3 aromatic carbocycles. The van der Waals surface area contributed by atoms with Crippen LogP contribution in [0.2, 0.25) is 0 Å². The fraction of sp³-hybridized carbons (Fsp3) is 0. The second-order valence-corrected chi connectivity index (χ2v) is 7.32. The maximum atomic E-state index is 13.4. The van der Waals surface area contributed by atoms with Crippen LogP contribution in [0.4, 0.5) is 15.8 Å². The van der Waals surface area contributed by atoms with E-state index >= 15 is 0 Å². The van der Waals surface area contributed by atoms with E-state index < -0.39 is 16.6 Å². The number of aliphatic imine (C=N–C) groups is 1. The zero-order chi connectivity index (χ0) is 21.3. The van der Waals surface area contributed by atoms with E-state index in [0.29, 0.717) is 17.1 Å². The molecule has 0 bridgehead atoms. The summed E-state index contributed by atoms with van der Waals surface area (Å²) in [5.41, 5.74) is 1.30. The van der Waals surface area contributed by atoms with Gasteiger partial charge in [0.05, 0.1) is 16.2 Å². The maximum Gasteiger partial charge on any atom is 0.282 e. The standard InChI is InChI=1S/C22H13BrFN3O3/c23-16-7-5-14(6-8-16)21-25-19(13-15-3-1-2-4-20(15)27(29)30)22(28)26(21)18-11-9-17(24)10-12-18/h1-13H/b19-13+. The largest absolute Gasteiger partial charge is 0.282 e. The van der Waals surface area contributed by atoms with Crippen LogP contribution >= 0.6 is 15.9 Å². The molecule has 0 aliphatic carbocycles. The van der Waals surface area contributed by atoms with Crippen molar-refractivity contribution in [3.05, 3.63) is 110 Å². The molecule has 0 spiro atoms. The first-order valence-electron chi connectivity index (χ1n) is 8.84. The lowest BCUT2D eigenvalue weighted by Gasteiger charge is -2.18. The van der Waals surface area contributed by atoms with E-state index in [2.05, 4.69) is 20.9 Å². The minimum Gasteiger partial charge on any atom is -0.266 e. The number of nitro benzene ring substituents is 1. The van der Waals surface area contributed by atoms with Gasteiger partial charge < -0.3 is 0 Å². The first kappa shape index (κ1) is 19.7. The first-order chi connectivity index (χ1) is 14.4. The highest BCUT2D eigenvalue weighted by atomic mass is 79.9. The maximum absolute atomic E-state index is 13.4. The molecule has 30 heavy (non-hydrogen) atoms. The molecule has 0 unspecified atom stereocenters. The molecule has 6 nitrogen and oxygen atoms in total. The third-order valence-corrected chi connectivity index (χ3v) is 5.00. The topological polar surface area (TPSA) is 75.8 Å². The quantitative estimate of drug-likeness (QED) is 0.296. The molecule has 0 saturated heterocycles. The fourth-order valence-corrected chi connectivity index (χ4v) is 3.33. The van der Waals surface area contributed by atoms with Gasteiger partial charge in [0.1, 0.15) is 17.3 Å².